The Morgan fingerprint density at radius 3 is 1.68 bits per heavy atom. The highest BCUT2D eigenvalue weighted by Crippen LogP contribution is 2.33. The second kappa shape index (κ2) is 9.77. The maximum atomic E-state index is 13.6. The van der Waals surface area contributed by atoms with E-state index in [2.05, 4.69) is 0 Å². The van der Waals surface area contributed by atoms with E-state index in [1.165, 1.54) is 0 Å². The van der Waals surface area contributed by atoms with Crippen LogP contribution in [0, 0.1) is 0 Å². The molecule has 4 nitrogen and oxygen atoms in total. The molecule has 1 fully saturated rings. The highest BCUT2D eigenvalue weighted by Gasteiger charge is 2.26. The molecular weight excluding hydrogens is 406 g/mol. The molecule has 1 aliphatic carbocycles. The summed E-state index contributed by atoms with van der Waals surface area (Å²) in [4.78, 5) is 0.318. The second-order valence-corrected chi connectivity index (χ2v) is 10.3. The molecule has 162 valence electrons. The number of hydrogen-bond donors (Lipinski definition) is 1. The van der Waals surface area contributed by atoms with E-state index < -0.39 is 10.0 Å². The Hall–Kier alpha value is -2.47. The van der Waals surface area contributed by atoms with Crippen LogP contribution in [0.3, 0.4) is 0 Å². The third kappa shape index (κ3) is 5.42. The molecule has 0 aromatic heterocycles. The van der Waals surface area contributed by atoms with Gasteiger partial charge < -0.3 is 5.11 Å². The molecule has 0 bridgehead atoms. The van der Waals surface area contributed by atoms with Gasteiger partial charge in [0.05, 0.1) is 11.0 Å². The Morgan fingerprint density at radius 1 is 0.710 bits per heavy atom. The van der Waals surface area contributed by atoms with E-state index in [4.69, 9.17) is 0 Å². The monoisotopic (exact) mass is 435 g/mol. The van der Waals surface area contributed by atoms with E-state index in [9.17, 15) is 13.5 Å². The van der Waals surface area contributed by atoms with Crippen molar-refractivity contribution < 1.29 is 13.5 Å². The topological polar surface area (TPSA) is 57.6 Å². The van der Waals surface area contributed by atoms with Crippen molar-refractivity contribution in [1.82, 2.24) is 4.31 Å². The molecule has 3 aromatic rings. The summed E-state index contributed by atoms with van der Waals surface area (Å²) >= 11 is 0. The highest BCUT2D eigenvalue weighted by molar-refractivity contribution is 7.89. The fourth-order valence-electron chi connectivity index (χ4n) is 4.27. The first-order valence-electron chi connectivity index (χ1n) is 10.9. The Kier molecular flexibility index (Phi) is 6.86. The van der Waals surface area contributed by atoms with Crippen LogP contribution in [0.4, 0.5) is 0 Å². The lowest BCUT2D eigenvalue weighted by Gasteiger charge is -2.26. The summed E-state index contributed by atoms with van der Waals surface area (Å²) in [6, 6.07) is 26.7. The number of benzene rings is 3. The van der Waals surface area contributed by atoms with E-state index in [0.717, 1.165) is 42.4 Å². The van der Waals surface area contributed by atoms with Gasteiger partial charge in [-0.2, -0.15) is 4.31 Å². The first kappa shape index (κ1) is 21.8. The molecule has 0 amide bonds. The summed E-state index contributed by atoms with van der Waals surface area (Å²) in [5.41, 5.74) is 3.07. The Bertz CT molecular complexity index is 1020. The average Bonchev–Trinajstić information content (AvgIpc) is 2.81. The number of hydrogen-bond acceptors (Lipinski definition) is 3. The van der Waals surface area contributed by atoms with Crippen LogP contribution in [0.5, 0.6) is 0 Å². The fraction of sp³-hybridized carbons (Fsp3) is 0.308. The lowest BCUT2D eigenvalue weighted by atomic mass is 9.83. The van der Waals surface area contributed by atoms with Gasteiger partial charge in [0.25, 0.3) is 0 Å². The van der Waals surface area contributed by atoms with E-state index in [0.29, 0.717) is 23.9 Å². The van der Waals surface area contributed by atoms with Crippen LogP contribution < -0.4 is 0 Å². The quantitative estimate of drug-likeness (QED) is 0.562. The van der Waals surface area contributed by atoms with Crippen LogP contribution in [-0.4, -0.2) is 23.9 Å². The average molecular weight is 436 g/mol. The molecule has 1 saturated carbocycles. The Morgan fingerprint density at radius 2 is 1.19 bits per heavy atom. The van der Waals surface area contributed by atoms with Gasteiger partial charge in [0.15, 0.2) is 0 Å². The van der Waals surface area contributed by atoms with Gasteiger partial charge >= 0.3 is 0 Å². The van der Waals surface area contributed by atoms with Crippen molar-refractivity contribution in [1.29, 1.82) is 0 Å². The van der Waals surface area contributed by atoms with Crippen molar-refractivity contribution in [2.45, 2.75) is 55.7 Å². The van der Waals surface area contributed by atoms with Gasteiger partial charge in [-0.15, -0.1) is 0 Å². The van der Waals surface area contributed by atoms with Crippen LogP contribution in [0.25, 0.3) is 0 Å². The minimum atomic E-state index is -3.66. The summed E-state index contributed by atoms with van der Waals surface area (Å²) in [5.74, 6) is 0.393. The molecule has 31 heavy (non-hydrogen) atoms. The minimum absolute atomic E-state index is 0.194. The number of nitrogens with zero attached hydrogens (tertiary/aromatic N) is 1. The van der Waals surface area contributed by atoms with Gasteiger partial charge in [0.1, 0.15) is 0 Å². The highest BCUT2D eigenvalue weighted by atomic mass is 32.2. The maximum absolute atomic E-state index is 13.6. The van der Waals surface area contributed by atoms with Crippen molar-refractivity contribution in [2.75, 3.05) is 0 Å². The van der Waals surface area contributed by atoms with E-state index in [1.54, 1.807) is 16.4 Å². The third-order valence-electron chi connectivity index (χ3n) is 6.09. The molecule has 1 N–H and O–H groups in total. The third-order valence-corrected chi connectivity index (χ3v) is 7.90. The van der Waals surface area contributed by atoms with Gasteiger partial charge in [0, 0.05) is 13.1 Å². The molecular formula is C26H29NO3S. The van der Waals surface area contributed by atoms with Gasteiger partial charge in [0.2, 0.25) is 10.0 Å². The van der Waals surface area contributed by atoms with Crippen molar-refractivity contribution in [3.8, 4) is 0 Å². The normalized spacial score (nSPS) is 19.4. The molecule has 0 heterocycles. The minimum Gasteiger partial charge on any atom is -0.393 e. The molecule has 4 rings (SSSR count). The Balaban J connectivity index is 1.58. The zero-order valence-corrected chi connectivity index (χ0v) is 18.4. The van der Waals surface area contributed by atoms with Crippen LogP contribution in [0.1, 0.15) is 48.3 Å². The summed E-state index contributed by atoms with van der Waals surface area (Å²) < 4.78 is 28.7. The smallest absolute Gasteiger partial charge is 0.243 e. The summed E-state index contributed by atoms with van der Waals surface area (Å²) in [6.07, 6.45) is 3.32. The van der Waals surface area contributed by atoms with Crippen molar-refractivity contribution >= 4 is 10.0 Å². The molecule has 3 aromatic carbocycles. The van der Waals surface area contributed by atoms with Gasteiger partial charge in [-0.25, -0.2) is 8.42 Å². The predicted molar refractivity (Wildman–Crippen MR) is 123 cm³/mol. The summed E-state index contributed by atoms with van der Waals surface area (Å²) in [7, 11) is -3.66. The van der Waals surface area contributed by atoms with Crippen molar-refractivity contribution in [3.05, 3.63) is 102 Å². The molecule has 0 atom stereocenters. The van der Waals surface area contributed by atoms with E-state index in [-0.39, 0.29) is 6.10 Å². The van der Waals surface area contributed by atoms with Crippen LogP contribution in [-0.2, 0) is 23.1 Å². The molecule has 0 radical (unpaired) electrons. The first-order valence-corrected chi connectivity index (χ1v) is 12.3. The van der Waals surface area contributed by atoms with Crippen molar-refractivity contribution in [3.63, 3.8) is 0 Å². The molecule has 1 aliphatic rings. The lowest BCUT2D eigenvalue weighted by Crippen LogP contribution is -2.30. The maximum Gasteiger partial charge on any atom is 0.243 e. The van der Waals surface area contributed by atoms with Crippen LogP contribution in [0.15, 0.2) is 89.8 Å². The van der Waals surface area contributed by atoms with Crippen molar-refractivity contribution in [2.24, 2.45) is 0 Å². The number of aliphatic hydroxyl groups is 1. The predicted octanol–water partition coefficient (Wildman–Crippen LogP) is 5.10. The Labute approximate surface area is 185 Å². The second-order valence-electron chi connectivity index (χ2n) is 8.32. The standard InChI is InChI=1S/C26H29NO3S/c28-25-15-11-23(12-16-25)24-13-17-26(18-14-24)31(29,30)27(19-21-7-3-1-4-8-21)20-22-9-5-2-6-10-22/h1-10,13-14,17-18,23,25,28H,11-12,15-16,19-20H2. The number of aliphatic hydroxyl groups excluding tert-OH is 1. The zero-order chi connectivity index (χ0) is 21.7. The summed E-state index contributed by atoms with van der Waals surface area (Å²) in [5, 5.41) is 9.74. The molecule has 5 heteroatoms. The molecule has 0 saturated heterocycles. The molecule has 0 spiro atoms. The number of rotatable bonds is 7. The van der Waals surface area contributed by atoms with Gasteiger partial charge in [-0.05, 0) is 60.4 Å². The molecule has 0 unspecified atom stereocenters. The largest absolute Gasteiger partial charge is 0.393 e. The molecule has 0 aliphatic heterocycles. The first-order chi connectivity index (χ1) is 15.0. The van der Waals surface area contributed by atoms with E-state index >= 15 is 0 Å². The zero-order valence-electron chi connectivity index (χ0n) is 17.6. The fourth-order valence-corrected chi connectivity index (χ4v) is 5.69. The van der Waals surface area contributed by atoms with Crippen LogP contribution in [0.2, 0.25) is 0 Å². The van der Waals surface area contributed by atoms with Gasteiger partial charge in [-0.1, -0.05) is 72.8 Å². The number of sulfonamides is 1. The van der Waals surface area contributed by atoms with Gasteiger partial charge in [-0.3, -0.25) is 0 Å². The van der Waals surface area contributed by atoms with Crippen LogP contribution >= 0.6 is 0 Å². The summed E-state index contributed by atoms with van der Waals surface area (Å²) in [6.45, 7) is 0.640. The SMILES string of the molecule is O=S(=O)(c1ccc(C2CCC(O)CC2)cc1)N(Cc1ccccc1)Cc1ccccc1. The lowest BCUT2D eigenvalue weighted by molar-refractivity contribution is 0.122. The van der Waals surface area contributed by atoms with E-state index in [1.807, 2.05) is 72.8 Å².